The van der Waals surface area contributed by atoms with E-state index in [0.717, 1.165) is 17.1 Å². The highest BCUT2D eigenvalue weighted by Crippen LogP contribution is 2.63. The average molecular weight is 801 g/mol. The second-order valence-corrected chi connectivity index (χ2v) is 16.8. The number of hydrogen-bond acceptors (Lipinski definition) is 1. The second kappa shape index (κ2) is 13.9. The Kier molecular flexibility index (Phi) is 7.85. The van der Waals surface area contributed by atoms with Gasteiger partial charge in [0.25, 0.3) is 0 Å². The first-order chi connectivity index (χ1) is 31.3. The van der Waals surface area contributed by atoms with Crippen molar-refractivity contribution >= 4 is 38.9 Å². The van der Waals surface area contributed by atoms with Gasteiger partial charge in [-0.2, -0.15) is 0 Å². The third-order valence-corrected chi connectivity index (χ3v) is 13.6. The minimum Gasteiger partial charge on any atom is -0.311 e. The van der Waals surface area contributed by atoms with E-state index in [-0.39, 0.29) is 0 Å². The van der Waals surface area contributed by atoms with Crippen LogP contribution in [0, 0.1) is 0 Å². The molecule has 0 saturated heterocycles. The molecule has 0 radical (unpaired) electrons. The number of anilines is 3. The van der Waals surface area contributed by atoms with Crippen LogP contribution in [-0.4, -0.2) is 4.57 Å². The predicted octanol–water partition coefficient (Wildman–Crippen LogP) is 15.9. The zero-order valence-electron chi connectivity index (χ0n) is 34.5. The fourth-order valence-electron chi connectivity index (χ4n) is 10.9. The number of benzene rings is 10. The molecule has 0 unspecified atom stereocenters. The Bertz CT molecular complexity index is 3480. The minimum atomic E-state index is -0.560. The SMILES string of the molecule is c1ccc(-c2ccc(N(c3ccccc3)c3ccc(-c4cc5c6c(c4)C(c4ccccc4)(c4ccccc4)c4ccc7c8ccccc8n(c7c4-6)-c4ccccc4-5)cc3)cc2)cc1. The minimum absolute atomic E-state index is 0.560. The zero-order valence-corrected chi connectivity index (χ0v) is 34.5. The fourth-order valence-corrected chi connectivity index (χ4v) is 10.9. The van der Waals surface area contributed by atoms with Crippen molar-refractivity contribution < 1.29 is 0 Å². The third-order valence-electron chi connectivity index (χ3n) is 13.6. The van der Waals surface area contributed by atoms with Crippen molar-refractivity contribution in [3.05, 3.63) is 265 Å². The maximum absolute atomic E-state index is 2.55. The molecule has 294 valence electrons. The molecule has 1 aliphatic carbocycles. The Morgan fingerprint density at radius 1 is 0.333 bits per heavy atom. The van der Waals surface area contributed by atoms with Gasteiger partial charge in [-0.25, -0.2) is 0 Å². The molecule has 0 fully saturated rings. The monoisotopic (exact) mass is 800 g/mol. The largest absolute Gasteiger partial charge is 0.311 e. The van der Waals surface area contributed by atoms with E-state index in [2.05, 4.69) is 252 Å². The maximum atomic E-state index is 2.55. The van der Waals surface area contributed by atoms with Gasteiger partial charge in [0, 0.05) is 39.0 Å². The van der Waals surface area contributed by atoms with Crippen LogP contribution in [0.2, 0.25) is 0 Å². The van der Waals surface area contributed by atoms with Crippen molar-refractivity contribution in [1.29, 1.82) is 0 Å². The van der Waals surface area contributed by atoms with Crippen LogP contribution in [0.4, 0.5) is 17.1 Å². The Morgan fingerprint density at radius 2 is 0.857 bits per heavy atom. The van der Waals surface area contributed by atoms with Gasteiger partial charge in [0.15, 0.2) is 0 Å². The first kappa shape index (κ1) is 35.5. The molecular formula is C61H40N2. The van der Waals surface area contributed by atoms with Crippen molar-refractivity contribution in [2.45, 2.75) is 5.41 Å². The van der Waals surface area contributed by atoms with Crippen LogP contribution < -0.4 is 4.90 Å². The summed E-state index contributed by atoms with van der Waals surface area (Å²) in [5.74, 6) is 0. The van der Waals surface area contributed by atoms with E-state index in [1.807, 2.05) is 0 Å². The molecule has 2 nitrogen and oxygen atoms in total. The van der Waals surface area contributed by atoms with Crippen molar-refractivity contribution in [3.8, 4) is 50.2 Å². The Hall–Kier alpha value is -8.20. The molecule has 1 aliphatic heterocycles. The molecule has 1 aromatic heterocycles. The molecule has 13 rings (SSSR count). The molecule has 0 saturated carbocycles. The van der Waals surface area contributed by atoms with Gasteiger partial charge in [0.05, 0.1) is 22.1 Å². The van der Waals surface area contributed by atoms with Crippen LogP contribution in [0.3, 0.4) is 0 Å². The number of rotatable bonds is 7. The van der Waals surface area contributed by atoms with Crippen molar-refractivity contribution in [1.82, 2.24) is 4.57 Å². The number of fused-ring (bicyclic) bond motifs is 6. The molecule has 0 spiro atoms. The van der Waals surface area contributed by atoms with Gasteiger partial charge in [0.2, 0.25) is 0 Å². The van der Waals surface area contributed by atoms with E-state index >= 15 is 0 Å². The van der Waals surface area contributed by atoms with E-state index in [1.54, 1.807) is 0 Å². The molecule has 0 amide bonds. The summed E-state index contributed by atoms with van der Waals surface area (Å²) in [6.45, 7) is 0. The summed E-state index contributed by atoms with van der Waals surface area (Å²) in [5.41, 5.74) is 21.6. The smallest absolute Gasteiger partial charge is 0.0714 e. The zero-order chi connectivity index (χ0) is 41.5. The summed E-state index contributed by atoms with van der Waals surface area (Å²) in [5, 5.41) is 2.56. The van der Waals surface area contributed by atoms with E-state index in [1.165, 1.54) is 94.3 Å². The van der Waals surface area contributed by atoms with E-state index in [4.69, 9.17) is 0 Å². The lowest BCUT2D eigenvalue weighted by atomic mass is 9.67. The molecule has 10 aromatic carbocycles. The first-order valence-electron chi connectivity index (χ1n) is 21.8. The highest BCUT2D eigenvalue weighted by molar-refractivity contribution is 6.19. The van der Waals surface area contributed by atoms with Gasteiger partial charge in [-0.15, -0.1) is 0 Å². The molecule has 0 bridgehead atoms. The number of para-hydroxylation sites is 3. The molecule has 0 N–H and O–H groups in total. The van der Waals surface area contributed by atoms with Crippen molar-refractivity contribution in [2.24, 2.45) is 0 Å². The van der Waals surface area contributed by atoms with Crippen molar-refractivity contribution in [3.63, 3.8) is 0 Å². The molecule has 2 aliphatic rings. The van der Waals surface area contributed by atoms with Gasteiger partial charge in [-0.05, 0) is 116 Å². The molecule has 2 heteroatoms. The summed E-state index contributed by atoms with van der Waals surface area (Å²) in [6.07, 6.45) is 0. The highest BCUT2D eigenvalue weighted by Gasteiger charge is 2.49. The van der Waals surface area contributed by atoms with Crippen LogP contribution in [0.5, 0.6) is 0 Å². The standard InChI is InChI=1S/C61H40N2/c1-5-17-41(18-6-1)42-29-33-48(34-30-42)62(47-23-11-4-12-24-47)49-35-31-43(32-36-49)44-39-53-51-26-14-16-28-57(51)63-56-27-15-13-25-50(56)52-37-38-54-59(60(52)63)58(53)55(40-44)61(54,45-19-7-2-8-20-45)46-21-9-3-10-22-46/h1-40H. The maximum Gasteiger partial charge on any atom is 0.0714 e. The van der Waals surface area contributed by atoms with E-state index in [9.17, 15) is 0 Å². The number of nitrogens with zero attached hydrogens (tertiary/aromatic N) is 2. The lowest BCUT2D eigenvalue weighted by Crippen LogP contribution is -2.28. The van der Waals surface area contributed by atoms with Crippen LogP contribution in [-0.2, 0) is 5.41 Å². The van der Waals surface area contributed by atoms with Crippen LogP contribution in [0.25, 0.3) is 72.0 Å². The predicted molar refractivity (Wildman–Crippen MR) is 263 cm³/mol. The topological polar surface area (TPSA) is 8.17 Å². The highest BCUT2D eigenvalue weighted by atomic mass is 15.1. The lowest BCUT2D eigenvalue weighted by Gasteiger charge is -2.34. The molecular weight excluding hydrogens is 761 g/mol. The van der Waals surface area contributed by atoms with Crippen LogP contribution in [0.1, 0.15) is 22.3 Å². The number of aromatic nitrogens is 1. The molecule has 11 aromatic rings. The Balaban J connectivity index is 1.06. The summed E-state index contributed by atoms with van der Waals surface area (Å²) in [7, 11) is 0. The molecule has 2 heterocycles. The van der Waals surface area contributed by atoms with Gasteiger partial charge >= 0.3 is 0 Å². The fraction of sp³-hybridized carbons (Fsp3) is 0.0164. The number of hydrogen-bond donors (Lipinski definition) is 0. The van der Waals surface area contributed by atoms with Crippen molar-refractivity contribution in [2.75, 3.05) is 4.90 Å². The van der Waals surface area contributed by atoms with Gasteiger partial charge in [-0.3, -0.25) is 0 Å². The van der Waals surface area contributed by atoms with E-state index in [0.29, 0.717) is 0 Å². The van der Waals surface area contributed by atoms with Crippen LogP contribution in [0.15, 0.2) is 243 Å². The Morgan fingerprint density at radius 3 is 1.52 bits per heavy atom. The molecule has 0 atom stereocenters. The second-order valence-electron chi connectivity index (χ2n) is 16.8. The molecule has 63 heavy (non-hydrogen) atoms. The Labute approximate surface area is 367 Å². The average Bonchev–Trinajstić information content (AvgIpc) is 3.82. The van der Waals surface area contributed by atoms with Crippen LogP contribution >= 0.6 is 0 Å². The van der Waals surface area contributed by atoms with Gasteiger partial charge in [-0.1, -0.05) is 182 Å². The van der Waals surface area contributed by atoms with Gasteiger partial charge < -0.3 is 9.47 Å². The first-order valence-corrected chi connectivity index (χ1v) is 21.8. The third kappa shape index (κ3) is 5.19. The summed E-state index contributed by atoms with van der Waals surface area (Å²) in [6, 6.07) is 89.5. The van der Waals surface area contributed by atoms with Gasteiger partial charge in [0.1, 0.15) is 0 Å². The lowest BCUT2D eigenvalue weighted by molar-refractivity contribution is 0.769. The summed E-state index contributed by atoms with van der Waals surface area (Å²) in [4.78, 5) is 2.35. The quantitative estimate of drug-likeness (QED) is 0.156. The summed E-state index contributed by atoms with van der Waals surface area (Å²) < 4.78 is 2.55. The summed E-state index contributed by atoms with van der Waals surface area (Å²) >= 11 is 0. The normalized spacial score (nSPS) is 12.9. The van der Waals surface area contributed by atoms with E-state index < -0.39 is 5.41 Å².